The molecule has 1 saturated carbocycles. The minimum Gasteiger partial charge on any atom is -0.350 e. The van der Waals surface area contributed by atoms with E-state index in [1.807, 2.05) is 6.26 Å². The maximum absolute atomic E-state index is 11.3. The minimum absolute atomic E-state index is 0. The molecule has 5 heteroatoms. The quantitative estimate of drug-likeness (QED) is 0.750. The largest absolute Gasteiger partial charge is 0.350 e. The van der Waals surface area contributed by atoms with Crippen LogP contribution in [0.1, 0.15) is 25.7 Å². The van der Waals surface area contributed by atoms with Crippen molar-refractivity contribution in [1.29, 1.82) is 0 Å². The van der Waals surface area contributed by atoms with Gasteiger partial charge < -0.3 is 11.1 Å². The SMILES string of the molecule is CS/C=C/C(=O)NC1CCCC(N)C1.Cl. The highest BCUT2D eigenvalue weighted by Crippen LogP contribution is 2.16. The second-order valence-electron chi connectivity index (χ2n) is 3.67. The maximum Gasteiger partial charge on any atom is 0.244 e. The Balaban J connectivity index is 0.00000196. The molecule has 1 amide bonds. The van der Waals surface area contributed by atoms with Crippen LogP contribution >= 0.6 is 24.2 Å². The monoisotopic (exact) mass is 250 g/mol. The van der Waals surface area contributed by atoms with Crippen LogP contribution < -0.4 is 11.1 Å². The van der Waals surface area contributed by atoms with E-state index in [0.717, 1.165) is 25.7 Å². The molecule has 0 aromatic heterocycles. The van der Waals surface area contributed by atoms with E-state index in [1.54, 1.807) is 11.5 Å². The van der Waals surface area contributed by atoms with Gasteiger partial charge in [-0.05, 0) is 37.3 Å². The van der Waals surface area contributed by atoms with Crippen molar-refractivity contribution in [3.05, 3.63) is 11.5 Å². The van der Waals surface area contributed by atoms with Crippen molar-refractivity contribution in [1.82, 2.24) is 5.32 Å². The summed E-state index contributed by atoms with van der Waals surface area (Å²) in [5.74, 6) is -0.00144. The molecule has 0 spiro atoms. The first-order valence-corrected chi connectivity index (χ1v) is 6.26. The molecule has 1 aliphatic rings. The van der Waals surface area contributed by atoms with Crippen LogP contribution in [0.3, 0.4) is 0 Å². The van der Waals surface area contributed by atoms with Gasteiger partial charge in [0.2, 0.25) is 5.91 Å². The fourth-order valence-electron chi connectivity index (χ4n) is 1.74. The number of thioether (sulfide) groups is 1. The highest BCUT2D eigenvalue weighted by Gasteiger charge is 2.19. The summed E-state index contributed by atoms with van der Waals surface area (Å²) < 4.78 is 0. The number of carbonyl (C=O) groups excluding carboxylic acids is 1. The molecule has 0 bridgehead atoms. The molecule has 0 heterocycles. The van der Waals surface area contributed by atoms with Crippen molar-refractivity contribution in [2.75, 3.05) is 6.26 Å². The molecule has 1 rings (SSSR count). The second kappa shape index (κ2) is 8.02. The van der Waals surface area contributed by atoms with Crippen molar-refractivity contribution < 1.29 is 4.79 Å². The Kier molecular flexibility index (Phi) is 7.92. The van der Waals surface area contributed by atoms with Gasteiger partial charge in [0.15, 0.2) is 0 Å². The van der Waals surface area contributed by atoms with Gasteiger partial charge >= 0.3 is 0 Å². The molecule has 0 saturated heterocycles. The summed E-state index contributed by atoms with van der Waals surface area (Å²) in [6.45, 7) is 0. The zero-order valence-electron chi connectivity index (χ0n) is 8.94. The molecule has 1 aliphatic carbocycles. The van der Waals surface area contributed by atoms with Crippen molar-refractivity contribution in [2.24, 2.45) is 5.73 Å². The first-order chi connectivity index (χ1) is 6.72. The molecule has 15 heavy (non-hydrogen) atoms. The molecule has 0 aromatic rings. The molecule has 3 nitrogen and oxygen atoms in total. The van der Waals surface area contributed by atoms with Crippen molar-refractivity contribution in [3.8, 4) is 0 Å². The Morgan fingerprint density at radius 3 is 2.87 bits per heavy atom. The maximum atomic E-state index is 11.3. The molecule has 3 N–H and O–H groups in total. The van der Waals surface area contributed by atoms with Crippen LogP contribution in [0.5, 0.6) is 0 Å². The minimum atomic E-state index is -0.00144. The number of rotatable bonds is 3. The standard InChI is InChI=1S/C10H18N2OS.ClH/c1-14-6-5-10(13)12-9-4-2-3-8(11)7-9;/h5-6,8-9H,2-4,7,11H2,1H3,(H,12,13);1H/b6-5+;. The predicted molar refractivity (Wildman–Crippen MR) is 68.3 cm³/mol. The van der Waals surface area contributed by atoms with E-state index < -0.39 is 0 Å². The molecule has 88 valence electrons. The molecule has 1 fully saturated rings. The van der Waals surface area contributed by atoms with Gasteiger partial charge in [-0.3, -0.25) is 4.79 Å². The van der Waals surface area contributed by atoms with Gasteiger partial charge in [-0.25, -0.2) is 0 Å². The molecule has 0 aliphatic heterocycles. The number of halogens is 1. The molecule has 0 radical (unpaired) electrons. The lowest BCUT2D eigenvalue weighted by Crippen LogP contribution is -2.41. The van der Waals surface area contributed by atoms with Crippen LogP contribution in [0.25, 0.3) is 0 Å². The van der Waals surface area contributed by atoms with Crippen LogP contribution in [0.15, 0.2) is 11.5 Å². The van der Waals surface area contributed by atoms with Gasteiger partial charge in [0, 0.05) is 18.2 Å². The third-order valence-electron chi connectivity index (χ3n) is 2.42. The van der Waals surface area contributed by atoms with E-state index in [1.165, 1.54) is 11.8 Å². The van der Waals surface area contributed by atoms with Gasteiger partial charge in [0.25, 0.3) is 0 Å². The van der Waals surface area contributed by atoms with E-state index in [4.69, 9.17) is 5.73 Å². The average molecular weight is 251 g/mol. The third-order valence-corrected chi connectivity index (χ3v) is 2.82. The summed E-state index contributed by atoms with van der Waals surface area (Å²) in [5, 5.41) is 4.75. The number of nitrogens with two attached hydrogens (primary N) is 1. The first kappa shape index (κ1) is 14.8. The van der Waals surface area contributed by atoms with Gasteiger partial charge in [-0.15, -0.1) is 24.2 Å². The van der Waals surface area contributed by atoms with Gasteiger partial charge in [0.05, 0.1) is 0 Å². The van der Waals surface area contributed by atoms with Crippen molar-refractivity contribution in [3.63, 3.8) is 0 Å². The predicted octanol–water partition coefficient (Wildman–Crippen LogP) is 1.67. The van der Waals surface area contributed by atoms with Crippen molar-refractivity contribution in [2.45, 2.75) is 37.8 Å². The summed E-state index contributed by atoms with van der Waals surface area (Å²) in [6.07, 6.45) is 7.70. The Morgan fingerprint density at radius 2 is 2.27 bits per heavy atom. The number of carbonyl (C=O) groups is 1. The summed E-state index contributed by atoms with van der Waals surface area (Å²) in [7, 11) is 0. The van der Waals surface area contributed by atoms with E-state index >= 15 is 0 Å². The van der Waals surface area contributed by atoms with E-state index in [0.29, 0.717) is 0 Å². The lowest BCUT2D eigenvalue weighted by molar-refractivity contribution is -0.117. The molecular weight excluding hydrogens is 232 g/mol. The lowest BCUT2D eigenvalue weighted by Gasteiger charge is -2.26. The topological polar surface area (TPSA) is 55.1 Å². The molecule has 2 unspecified atom stereocenters. The highest BCUT2D eigenvalue weighted by atomic mass is 35.5. The summed E-state index contributed by atoms with van der Waals surface area (Å²) in [6, 6.07) is 0.538. The number of hydrogen-bond acceptors (Lipinski definition) is 3. The van der Waals surface area contributed by atoms with Crippen LogP contribution in [0.2, 0.25) is 0 Å². The second-order valence-corrected chi connectivity index (χ2v) is 4.41. The number of amides is 1. The smallest absolute Gasteiger partial charge is 0.244 e. The van der Waals surface area contributed by atoms with E-state index in [2.05, 4.69) is 5.32 Å². The fraction of sp³-hybridized carbons (Fsp3) is 0.700. The van der Waals surface area contributed by atoms with E-state index in [-0.39, 0.29) is 30.4 Å². The summed E-state index contributed by atoms with van der Waals surface area (Å²) in [4.78, 5) is 11.3. The Labute approximate surface area is 102 Å². The van der Waals surface area contributed by atoms with Gasteiger partial charge in [-0.2, -0.15) is 0 Å². The average Bonchev–Trinajstić information content (AvgIpc) is 2.15. The zero-order chi connectivity index (χ0) is 10.4. The number of nitrogens with one attached hydrogen (secondary N) is 1. The van der Waals surface area contributed by atoms with Crippen molar-refractivity contribution >= 4 is 30.1 Å². The Bertz CT molecular complexity index is 223. The third kappa shape index (κ3) is 6.07. The van der Waals surface area contributed by atoms with Gasteiger partial charge in [0.1, 0.15) is 0 Å². The lowest BCUT2D eigenvalue weighted by atomic mass is 9.92. The fourth-order valence-corrected chi connectivity index (χ4v) is 2.00. The van der Waals surface area contributed by atoms with Gasteiger partial charge in [-0.1, -0.05) is 0 Å². The molecule has 2 atom stereocenters. The Morgan fingerprint density at radius 1 is 1.53 bits per heavy atom. The van der Waals surface area contributed by atoms with Crippen LogP contribution in [0, 0.1) is 0 Å². The van der Waals surface area contributed by atoms with Crippen LogP contribution in [-0.2, 0) is 4.79 Å². The summed E-state index contributed by atoms with van der Waals surface area (Å²) >= 11 is 1.53. The van der Waals surface area contributed by atoms with Crippen LogP contribution in [0.4, 0.5) is 0 Å². The zero-order valence-corrected chi connectivity index (χ0v) is 10.6. The normalized spacial score (nSPS) is 26.0. The molecule has 0 aromatic carbocycles. The molecular formula is C10H19ClN2OS. The Hall–Kier alpha value is -0.190. The van der Waals surface area contributed by atoms with E-state index in [9.17, 15) is 4.79 Å². The van der Waals surface area contributed by atoms with Crippen LogP contribution in [-0.4, -0.2) is 24.2 Å². The summed E-state index contributed by atoms with van der Waals surface area (Å²) in [5.41, 5.74) is 5.83. The highest BCUT2D eigenvalue weighted by molar-refractivity contribution is 8.01. The first-order valence-electron chi connectivity index (χ1n) is 4.98. The number of hydrogen-bond donors (Lipinski definition) is 2.